The number of nitrogens with two attached hydrogens (primary N) is 1. The van der Waals surface area contributed by atoms with Crippen LogP contribution in [-0.4, -0.2) is 108 Å². The Morgan fingerprint density at radius 2 is 1.79 bits per heavy atom. The number of nitrogens with zero attached hydrogens (tertiary/aromatic N) is 7. The number of amides is 2. The Hall–Kier alpha value is -4.03. The number of hydrogen-bond acceptors (Lipinski definition) is 10. The molecule has 5 aliphatic heterocycles. The van der Waals surface area contributed by atoms with Gasteiger partial charge in [0.1, 0.15) is 34.8 Å². The largest absolute Gasteiger partial charge is 0.461 e. The van der Waals surface area contributed by atoms with Gasteiger partial charge < -0.3 is 29.9 Å². The Bertz CT molecular complexity index is 2160. The van der Waals surface area contributed by atoms with Gasteiger partial charge in [0.2, 0.25) is 0 Å². The monoisotopic (exact) mass is 762 g/mol. The van der Waals surface area contributed by atoms with Gasteiger partial charge in [0, 0.05) is 61.0 Å². The number of nitriles is 1. The Morgan fingerprint density at radius 1 is 1.02 bits per heavy atom. The number of aromatic nitrogens is 2. The van der Waals surface area contributed by atoms with E-state index in [1.807, 2.05) is 9.80 Å². The predicted octanol–water partition coefficient (Wildman–Crippen LogP) is 6.65. The standard InChI is InChI=1S/C38H41ClF2N8O3S/c39-26-17-24-31(30(41)29(26)23-5-6-27(40)32-28(23)25(18-42)33(43)53-32)44-35(52-22-38-8-3-11-49(38)12-4-9-38)45-34(24)47-10-2-1-7-37(19-47)20-48(21-37)36(50)46-13-15-51-16-14-46/h5-6,17H,1-4,7-16,19-22,43H2. The number of anilines is 2. The molecule has 2 aromatic heterocycles. The molecule has 11 nitrogen and oxygen atoms in total. The average molecular weight is 763 g/mol. The zero-order chi connectivity index (χ0) is 36.5. The number of morpholine rings is 1. The van der Waals surface area contributed by atoms with Gasteiger partial charge in [-0.15, -0.1) is 11.3 Å². The van der Waals surface area contributed by atoms with E-state index in [1.165, 1.54) is 12.1 Å². The molecule has 7 heterocycles. The molecular weight excluding hydrogens is 722 g/mol. The van der Waals surface area contributed by atoms with Crippen LogP contribution in [0.4, 0.5) is 24.4 Å². The number of carbonyl (C=O) groups excluding carboxylic acids is 1. The number of ether oxygens (including phenoxy) is 2. The van der Waals surface area contributed by atoms with Crippen LogP contribution >= 0.6 is 22.9 Å². The summed E-state index contributed by atoms with van der Waals surface area (Å²) in [6.45, 7) is 7.35. The molecular formula is C38H41ClF2N8O3S. The van der Waals surface area contributed by atoms with E-state index in [0.29, 0.717) is 70.3 Å². The number of benzene rings is 2. The van der Waals surface area contributed by atoms with Gasteiger partial charge in [-0.3, -0.25) is 4.90 Å². The smallest absolute Gasteiger partial charge is 0.320 e. The maximum absolute atomic E-state index is 17.3. The highest BCUT2D eigenvalue weighted by atomic mass is 35.5. The number of hydrogen-bond donors (Lipinski definition) is 1. The van der Waals surface area contributed by atoms with Crippen LogP contribution in [0.3, 0.4) is 0 Å². The summed E-state index contributed by atoms with van der Waals surface area (Å²) in [5.74, 6) is -0.729. The van der Waals surface area contributed by atoms with Crippen molar-refractivity contribution in [2.45, 2.75) is 50.5 Å². The number of thiophene rings is 1. The van der Waals surface area contributed by atoms with E-state index in [1.54, 1.807) is 6.07 Å². The zero-order valence-electron chi connectivity index (χ0n) is 29.4. The summed E-state index contributed by atoms with van der Waals surface area (Å²) >= 11 is 7.93. The highest BCUT2D eigenvalue weighted by molar-refractivity contribution is 7.23. The molecule has 278 valence electrons. The molecule has 0 bridgehead atoms. The topological polar surface area (TPSA) is 124 Å². The maximum atomic E-state index is 17.3. The molecule has 0 unspecified atom stereocenters. The van der Waals surface area contributed by atoms with Crippen molar-refractivity contribution >= 4 is 60.8 Å². The van der Waals surface area contributed by atoms with Gasteiger partial charge >= 0.3 is 12.0 Å². The second-order valence-corrected chi connectivity index (χ2v) is 16.8. The molecule has 4 aromatic rings. The van der Waals surface area contributed by atoms with Crippen LogP contribution in [0.2, 0.25) is 5.02 Å². The van der Waals surface area contributed by atoms with E-state index in [0.717, 1.165) is 69.4 Å². The predicted molar refractivity (Wildman–Crippen MR) is 201 cm³/mol. The maximum Gasteiger partial charge on any atom is 0.320 e. The molecule has 5 fully saturated rings. The van der Waals surface area contributed by atoms with Crippen molar-refractivity contribution < 1.29 is 23.0 Å². The molecule has 0 saturated carbocycles. The Kier molecular flexibility index (Phi) is 8.76. The summed E-state index contributed by atoms with van der Waals surface area (Å²) in [7, 11) is 0. The first-order valence-electron chi connectivity index (χ1n) is 18.5. The second-order valence-electron chi connectivity index (χ2n) is 15.3. The fourth-order valence-corrected chi connectivity index (χ4v) is 10.8. The minimum absolute atomic E-state index is 0.00835. The van der Waals surface area contributed by atoms with E-state index in [9.17, 15) is 10.1 Å². The highest BCUT2D eigenvalue weighted by Gasteiger charge is 2.48. The zero-order valence-corrected chi connectivity index (χ0v) is 31.0. The quantitative estimate of drug-likeness (QED) is 0.238. The number of rotatable bonds is 5. The summed E-state index contributed by atoms with van der Waals surface area (Å²) in [6.07, 6.45) is 7.13. The lowest BCUT2D eigenvalue weighted by molar-refractivity contribution is -0.00321. The van der Waals surface area contributed by atoms with Crippen molar-refractivity contribution in [1.82, 2.24) is 24.7 Å². The first kappa shape index (κ1) is 34.7. The van der Waals surface area contributed by atoms with Crippen molar-refractivity contribution in [3.63, 3.8) is 0 Å². The lowest BCUT2D eigenvalue weighted by Crippen LogP contribution is -2.65. The van der Waals surface area contributed by atoms with Gasteiger partial charge in [-0.2, -0.15) is 15.2 Å². The molecule has 2 amide bonds. The number of likely N-dealkylation sites (tertiary alicyclic amines) is 1. The number of urea groups is 1. The summed E-state index contributed by atoms with van der Waals surface area (Å²) in [5, 5.41) is 10.8. The minimum atomic E-state index is -0.709. The van der Waals surface area contributed by atoms with Crippen LogP contribution in [0.5, 0.6) is 6.01 Å². The number of fused-ring (bicyclic) bond motifs is 3. The first-order valence-corrected chi connectivity index (χ1v) is 19.7. The van der Waals surface area contributed by atoms with E-state index in [2.05, 4.69) is 15.9 Å². The van der Waals surface area contributed by atoms with Crippen LogP contribution in [-0.2, 0) is 4.74 Å². The van der Waals surface area contributed by atoms with Crippen LogP contribution in [0.15, 0.2) is 18.2 Å². The van der Waals surface area contributed by atoms with Crippen molar-refractivity contribution in [3.8, 4) is 23.2 Å². The van der Waals surface area contributed by atoms with Crippen molar-refractivity contribution in [2.24, 2.45) is 5.41 Å². The third-order valence-corrected chi connectivity index (χ3v) is 13.5. The second kappa shape index (κ2) is 13.4. The summed E-state index contributed by atoms with van der Waals surface area (Å²) in [6, 6.07) is 6.56. The SMILES string of the molecule is N#Cc1c(N)sc2c(F)ccc(-c3c(Cl)cc4c(N5CCCCC6(CN(C(=O)N7CCOCC7)C6)C5)nc(OCC56CCCN5CCC6)nc4c3F)c12. The van der Waals surface area contributed by atoms with Gasteiger partial charge in [0.25, 0.3) is 0 Å². The van der Waals surface area contributed by atoms with E-state index >= 15 is 8.78 Å². The van der Waals surface area contributed by atoms with Gasteiger partial charge in [0.05, 0.1) is 34.0 Å². The molecule has 5 saturated heterocycles. The van der Waals surface area contributed by atoms with Crippen molar-refractivity contribution in [1.29, 1.82) is 5.26 Å². The first-order chi connectivity index (χ1) is 25.7. The lowest BCUT2D eigenvalue weighted by Gasteiger charge is -2.52. The fourth-order valence-electron chi connectivity index (χ4n) is 9.54. The van der Waals surface area contributed by atoms with Gasteiger partial charge in [-0.25, -0.2) is 13.6 Å². The molecule has 2 aromatic carbocycles. The minimum Gasteiger partial charge on any atom is -0.461 e. The summed E-state index contributed by atoms with van der Waals surface area (Å²) in [5.41, 5.74) is 6.29. The Morgan fingerprint density at radius 3 is 2.55 bits per heavy atom. The summed E-state index contributed by atoms with van der Waals surface area (Å²) < 4.78 is 44.4. The van der Waals surface area contributed by atoms with Gasteiger partial charge in [-0.1, -0.05) is 24.1 Å². The molecule has 1 spiro atoms. The van der Waals surface area contributed by atoms with Crippen LogP contribution in [0.25, 0.3) is 32.1 Å². The lowest BCUT2D eigenvalue weighted by atomic mass is 9.76. The highest BCUT2D eigenvalue weighted by Crippen LogP contribution is 2.47. The third-order valence-electron chi connectivity index (χ3n) is 12.1. The Labute approximate surface area is 315 Å². The third kappa shape index (κ3) is 5.82. The van der Waals surface area contributed by atoms with Crippen LogP contribution < -0.4 is 15.4 Å². The van der Waals surface area contributed by atoms with Crippen molar-refractivity contribution in [2.75, 3.05) is 82.8 Å². The summed E-state index contributed by atoms with van der Waals surface area (Å²) in [4.78, 5) is 31.5. The van der Waals surface area contributed by atoms with Crippen LogP contribution in [0.1, 0.15) is 50.5 Å². The molecule has 0 radical (unpaired) electrons. The van der Waals surface area contributed by atoms with E-state index in [-0.39, 0.29) is 65.3 Å². The van der Waals surface area contributed by atoms with E-state index < -0.39 is 11.6 Å². The number of carbonyl (C=O) groups is 1. The number of halogens is 3. The molecule has 2 N–H and O–H groups in total. The number of nitrogen functional groups attached to an aromatic ring is 1. The average Bonchev–Trinajstić information content (AvgIpc) is 3.78. The van der Waals surface area contributed by atoms with Crippen LogP contribution in [0, 0.1) is 28.4 Å². The normalized spacial score (nSPS) is 21.2. The van der Waals surface area contributed by atoms with Gasteiger partial charge in [0.15, 0.2) is 5.82 Å². The van der Waals surface area contributed by atoms with Gasteiger partial charge in [-0.05, 0) is 69.3 Å². The Balaban J connectivity index is 1.12. The molecule has 0 aliphatic carbocycles. The molecule has 9 rings (SSSR count). The fraction of sp³-hybridized carbons (Fsp3) is 0.526. The molecule has 0 atom stereocenters. The van der Waals surface area contributed by atoms with E-state index in [4.69, 9.17) is 36.8 Å². The van der Waals surface area contributed by atoms with Crippen molar-refractivity contribution in [3.05, 3.63) is 40.4 Å². The molecule has 15 heteroatoms. The molecule has 53 heavy (non-hydrogen) atoms. The molecule has 5 aliphatic rings.